The Kier molecular flexibility index (Phi) is 7.08. The van der Waals surface area contributed by atoms with Crippen LogP contribution in [0.15, 0.2) is 29.4 Å². The second-order valence-corrected chi connectivity index (χ2v) is 7.91. The molecule has 0 aliphatic carbocycles. The Morgan fingerprint density at radius 2 is 1.96 bits per heavy atom. The van der Waals surface area contributed by atoms with Gasteiger partial charge in [-0.15, -0.1) is 10.2 Å². The Balaban J connectivity index is 1.59. The highest BCUT2D eigenvalue weighted by Gasteiger charge is 2.21. The molecule has 2 amide bonds. The van der Waals surface area contributed by atoms with Crippen LogP contribution in [0.25, 0.3) is 0 Å². The summed E-state index contributed by atoms with van der Waals surface area (Å²) in [4.78, 5) is 26.4. The molecule has 0 saturated carbocycles. The maximum atomic E-state index is 12.2. The van der Waals surface area contributed by atoms with Gasteiger partial charge in [-0.05, 0) is 38.8 Å². The van der Waals surface area contributed by atoms with Crippen LogP contribution in [0.1, 0.15) is 44.0 Å². The van der Waals surface area contributed by atoms with Crippen molar-refractivity contribution in [2.75, 3.05) is 17.6 Å². The van der Waals surface area contributed by atoms with Crippen LogP contribution in [-0.2, 0) is 22.7 Å². The Hall–Kier alpha value is -2.35. The van der Waals surface area contributed by atoms with Crippen molar-refractivity contribution in [3.05, 3.63) is 35.7 Å². The normalized spacial score (nSPS) is 14.8. The van der Waals surface area contributed by atoms with Gasteiger partial charge in [0, 0.05) is 25.2 Å². The monoisotopic (exact) mass is 401 g/mol. The molecule has 1 N–H and O–H groups in total. The van der Waals surface area contributed by atoms with Crippen molar-refractivity contribution in [3.63, 3.8) is 0 Å². The molecule has 3 rings (SSSR count). The zero-order valence-corrected chi connectivity index (χ0v) is 17.3. The van der Waals surface area contributed by atoms with Gasteiger partial charge in [0.05, 0.1) is 12.3 Å². The zero-order valence-electron chi connectivity index (χ0n) is 16.5. The van der Waals surface area contributed by atoms with E-state index in [0.29, 0.717) is 24.7 Å². The third kappa shape index (κ3) is 5.34. The number of rotatable bonds is 7. The number of aromatic nitrogens is 3. The molecule has 0 radical (unpaired) electrons. The Bertz CT molecular complexity index is 819. The number of nitrogens with zero attached hydrogens (tertiary/aromatic N) is 4. The van der Waals surface area contributed by atoms with E-state index in [2.05, 4.69) is 15.5 Å². The third-order valence-electron chi connectivity index (χ3n) is 4.78. The Morgan fingerprint density at radius 3 is 2.71 bits per heavy atom. The molecule has 1 aromatic heterocycles. The van der Waals surface area contributed by atoms with Gasteiger partial charge in [0.1, 0.15) is 0 Å². The van der Waals surface area contributed by atoms with Gasteiger partial charge in [0.25, 0.3) is 0 Å². The first-order chi connectivity index (χ1) is 13.6. The van der Waals surface area contributed by atoms with Crippen LogP contribution in [0.5, 0.6) is 0 Å². The van der Waals surface area contributed by atoms with E-state index in [0.717, 1.165) is 42.9 Å². The molecule has 0 atom stereocenters. The van der Waals surface area contributed by atoms with Crippen LogP contribution in [0.2, 0.25) is 0 Å². The molecular weight excluding hydrogens is 374 g/mol. The van der Waals surface area contributed by atoms with Crippen LogP contribution in [-0.4, -0.2) is 43.8 Å². The molecule has 2 aromatic rings. The minimum absolute atomic E-state index is 0.0799. The highest BCUT2D eigenvalue weighted by atomic mass is 32.2. The first-order valence-corrected chi connectivity index (χ1v) is 10.7. The summed E-state index contributed by atoms with van der Waals surface area (Å²) in [5.41, 5.74) is 1.94. The van der Waals surface area contributed by atoms with E-state index in [-0.39, 0.29) is 17.6 Å². The summed E-state index contributed by atoms with van der Waals surface area (Å²) < 4.78 is 1.99. The van der Waals surface area contributed by atoms with Gasteiger partial charge in [-0.3, -0.25) is 9.59 Å². The van der Waals surface area contributed by atoms with Crippen molar-refractivity contribution < 1.29 is 9.59 Å². The fourth-order valence-corrected chi connectivity index (χ4v) is 4.02. The number of nitrogens with one attached hydrogen (secondary N) is 1. The summed E-state index contributed by atoms with van der Waals surface area (Å²) in [6.45, 7) is 5.99. The molecule has 28 heavy (non-hydrogen) atoms. The number of carbonyl (C=O) groups excluding carboxylic acids is 2. The lowest BCUT2D eigenvalue weighted by Gasteiger charge is -2.20. The predicted octanol–water partition coefficient (Wildman–Crippen LogP) is 3.24. The molecule has 0 spiro atoms. The summed E-state index contributed by atoms with van der Waals surface area (Å²) in [7, 11) is 0. The van der Waals surface area contributed by atoms with E-state index >= 15 is 0 Å². The van der Waals surface area contributed by atoms with Gasteiger partial charge in [0.2, 0.25) is 11.8 Å². The fraction of sp³-hybridized carbons (Fsp3) is 0.500. The van der Waals surface area contributed by atoms with Crippen LogP contribution in [0, 0.1) is 6.92 Å². The summed E-state index contributed by atoms with van der Waals surface area (Å²) >= 11 is 1.36. The first-order valence-electron chi connectivity index (χ1n) is 9.76. The van der Waals surface area contributed by atoms with Gasteiger partial charge in [-0.25, -0.2) is 0 Å². The Labute approximate surface area is 169 Å². The van der Waals surface area contributed by atoms with Crippen molar-refractivity contribution >= 4 is 29.3 Å². The van der Waals surface area contributed by atoms with Gasteiger partial charge in [0.15, 0.2) is 11.0 Å². The smallest absolute Gasteiger partial charge is 0.234 e. The molecule has 1 saturated heterocycles. The predicted molar refractivity (Wildman–Crippen MR) is 110 cm³/mol. The molecule has 7 nitrogen and oxygen atoms in total. The highest BCUT2D eigenvalue weighted by molar-refractivity contribution is 7.99. The quantitative estimate of drug-likeness (QED) is 0.721. The van der Waals surface area contributed by atoms with E-state index < -0.39 is 0 Å². The number of likely N-dealkylation sites (tertiary alicyclic amines) is 1. The van der Waals surface area contributed by atoms with Crippen LogP contribution in [0.3, 0.4) is 0 Å². The molecule has 1 aromatic carbocycles. The zero-order chi connectivity index (χ0) is 19.9. The lowest BCUT2D eigenvalue weighted by atomic mass is 10.2. The molecule has 0 unspecified atom stereocenters. The number of carbonyl (C=O) groups is 2. The second-order valence-electron chi connectivity index (χ2n) is 6.97. The number of hydrogen-bond acceptors (Lipinski definition) is 5. The van der Waals surface area contributed by atoms with Crippen LogP contribution in [0.4, 0.5) is 5.69 Å². The largest absolute Gasteiger partial charge is 0.335 e. The van der Waals surface area contributed by atoms with Gasteiger partial charge in [-0.1, -0.05) is 35.9 Å². The summed E-state index contributed by atoms with van der Waals surface area (Å²) in [6.07, 6.45) is 3.71. The molecule has 8 heteroatoms. The molecular formula is C20H27N5O2S. The van der Waals surface area contributed by atoms with Crippen LogP contribution >= 0.6 is 11.8 Å². The van der Waals surface area contributed by atoms with Crippen molar-refractivity contribution in [1.82, 2.24) is 19.7 Å². The molecule has 2 heterocycles. The minimum Gasteiger partial charge on any atom is -0.335 e. The highest BCUT2D eigenvalue weighted by Crippen LogP contribution is 2.20. The van der Waals surface area contributed by atoms with E-state index in [1.54, 1.807) is 0 Å². The van der Waals surface area contributed by atoms with Crippen molar-refractivity contribution in [2.45, 2.75) is 57.8 Å². The summed E-state index contributed by atoms with van der Waals surface area (Å²) in [5.74, 6) is 1.15. The molecule has 1 fully saturated rings. The van der Waals surface area contributed by atoms with Crippen molar-refractivity contribution in [1.29, 1.82) is 0 Å². The summed E-state index contributed by atoms with van der Waals surface area (Å²) in [6, 6.07) is 7.71. The van der Waals surface area contributed by atoms with Crippen molar-refractivity contribution in [2.24, 2.45) is 0 Å². The van der Waals surface area contributed by atoms with Crippen LogP contribution < -0.4 is 5.32 Å². The molecule has 150 valence electrons. The number of thioether (sulfide) groups is 1. The Morgan fingerprint density at radius 1 is 1.18 bits per heavy atom. The SMILES string of the molecule is CCn1c(CN2CCCCCC2=O)nnc1SCC(=O)Nc1ccc(C)cc1. The number of hydrogen-bond donors (Lipinski definition) is 1. The molecule has 1 aliphatic rings. The van der Waals surface area contributed by atoms with Gasteiger partial charge in [-0.2, -0.15) is 0 Å². The number of anilines is 1. The van der Waals surface area contributed by atoms with E-state index in [1.807, 2.05) is 47.6 Å². The topological polar surface area (TPSA) is 80.1 Å². The minimum atomic E-state index is -0.0799. The fourth-order valence-electron chi connectivity index (χ4n) is 3.20. The lowest BCUT2D eigenvalue weighted by molar-refractivity contribution is -0.131. The van der Waals surface area contributed by atoms with Gasteiger partial charge >= 0.3 is 0 Å². The lowest BCUT2D eigenvalue weighted by Crippen LogP contribution is -2.31. The maximum absolute atomic E-state index is 12.2. The number of amides is 2. The molecule has 1 aliphatic heterocycles. The average molecular weight is 402 g/mol. The molecule has 0 bridgehead atoms. The standard InChI is InChI=1S/C20H27N5O2S/c1-3-25-17(13-24-12-6-4-5-7-19(24)27)22-23-20(25)28-14-18(26)21-16-10-8-15(2)9-11-16/h8-11H,3-7,12-14H2,1-2H3,(H,21,26). The second kappa shape index (κ2) is 9.73. The third-order valence-corrected chi connectivity index (χ3v) is 5.75. The van der Waals surface area contributed by atoms with E-state index in [4.69, 9.17) is 0 Å². The number of benzene rings is 1. The maximum Gasteiger partial charge on any atom is 0.234 e. The number of aryl methyl sites for hydroxylation is 1. The van der Waals surface area contributed by atoms with Crippen molar-refractivity contribution in [3.8, 4) is 0 Å². The average Bonchev–Trinajstić information content (AvgIpc) is 2.96. The van der Waals surface area contributed by atoms with E-state index in [9.17, 15) is 9.59 Å². The first kappa shape index (κ1) is 20.4. The van der Waals surface area contributed by atoms with E-state index in [1.165, 1.54) is 11.8 Å². The van der Waals surface area contributed by atoms with Gasteiger partial charge < -0.3 is 14.8 Å². The summed E-state index contributed by atoms with van der Waals surface area (Å²) in [5, 5.41) is 12.1.